The molecule has 1 unspecified atom stereocenters. The molecule has 0 bridgehead atoms. The summed E-state index contributed by atoms with van der Waals surface area (Å²) in [6, 6.07) is 7.88. The number of nitrogens with zero attached hydrogens (tertiary/aromatic N) is 2. The van der Waals surface area contributed by atoms with Crippen LogP contribution < -0.4 is 15.1 Å². The SMILES string of the molecule is Cc1cc2c(cc1/C=C1/C(=O)NC(=O)N(c3cccc(Cl)c3Cl)C1=O)C(C)CC(C)(C)N2C. The second-order valence-electron chi connectivity index (χ2n) is 9.28. The number of fused-ring (bicyclic) bond motifs is 1. The number of benzene rings is 2. The van der Waals surface area contributed by atoms with Crippen molar-refractivity contribution in [3.8, 4) is 0 Å². The van der Waals surface area contributed by atoms with Gasteiger partial charge in [-0.05, 0) is 80.1 Å². The topological polar surface area (TPSA) is 69.7 Å². The van der Waals surface area contributed by atoms with Crippen LogP contribution >= 0.6 is 23.2 Å². The molecule has 2 aromatic carbocycles. The Morgan fingerprint density at radius 3 is 2.52 bits per heavy atom. The molecule has 1 fully saturated rings. The predicted octanol–water partition coefficient (Wildman–Crippen LogP) is 5.69. The van der Waals surface area contributed by atoms with Crippen molar-refractivity contribution in [2.24, 2.45) is 0 Å². The lowest BCUT2D eigenvalue weighted by Gasteiger charge is -2.45. The molecule has 2 heterocycles. The molecule has 2 aliphatic heterocycles. The van der Waals surface area contributed by atoms with E-state index in [2.05, 4.69) is 44.1 Å². The first kappa shape index (κ1) is 23.3. The van der Waals surface area contributed by atoms with Gasteiger partial charge in [0.25, 0.3) is 11.8 Å². The van der Waals surface area contributed by atoms with Gasteiger partial charge in [-0.15, -0.1) is 0 Å². The van der Waals surface area contributed by atoms with Crippen molar-refractivity contribution in [1.29, 1.82) is 0 Å². The van der Waals surface area contributed by atoms with E-state index in [0.29, 0.717) is 5.92 Å². The summed E-state index contributed by atoms with van der Waals surface area (Å²) in [4.78, 5) is 41.5. The molecule has 6 nitrogen and oxygen atoms in total. The summed E-state index contributed by atoms with van der Waals surface area (Å²) >= 11 is 12.3. The van der Waals surface area contributed by atoms with Crippen LogP contribution in [-0.2, 0) is 9.59 Å². The number of hydrogen-bond acceptors (Lipinski definition) is 4. The van der Waals surface area contributed by atoms with Gasteiger partial charge in [0.2, 0.25) is 0 Å². The maximum atomic E-state index is 13.3. The fraction of sp³-hybridized carbons (Fsp3) is 0.320. The van der Waals surface area contributed by atoms with Crippen LogP contribution in [0.4, 0.5) is 16.2 Å². The summed E-state index contributed by atoms with van der Waals surface area (Å²) in [5.74, 6) is -1.19. The van der Waals surface area contributed by atoms with Gasteiger partial charge in [0.1, 0.15) is 5.57 Å². The fourth-order valence-corrected chi connectivity index (χ4v) is 4.97. The highest BCUT2D eigenvalue weighted by Gasteiger charge is 2.39. The van der Waals surface area contributed by atoms with Gasteiger partial charge in [-0.25, -0.2) is 9.69 Å². The summed E-state index contributed by atoms with van der Waals surface area (Å²) in [7, 11) is 2.08. The molecule has 2 aromatic rings. The molecule has 33 heavy (non-hydrogen) atoms. The highest BCUT2D eigenvalue weighted by molar-refractivity contribution is 6.46. The van der Waals surface area contributed by atoms with E-state index in [1.165, 1.54) is 12.1 Å². The number of urea groups is 1. The van der Waals surface area contributed by atoms with Gasteiger partial charge in [-0.1, -0.05) is 36.2 Å². The Bertz CT molecular complexity index is 1240. The molecule has 2 aliphatic rings. The maximum absolute atomic E-state index is 13.3. The Morgan fingerprint density at radius 1 is 1.12 bits per heavy atom. The van der Waals surface area contributed by atoms with Gasteiger partial charge in [-0.2, -0.15) is 0 Å². The molecule has 1 atom stereocenters. The fourth-order valence-electron chi connectivity index (χ4n) is 4.59. The molecule has 0 aromatic heterocycles. The van der Waals surface area contributed by atoms with Crippen molar-refractivity contribution in [2.45, 2.75) is 45.6 Å². The number of carbonyl (C=O) groups excluding carboxylic acids is 3. The molecule has 8 heteroatoms. The Balaban J connectivity index is 1.79. The molecule has 1 saturated heterocycles. The average molecular weight is 486 g/mol. The number of anilines is 2. The summed E-state index contributed by atoms with van der Waals surface area (Å²) in [6.07, 6.45) is 2.52. The minimum absolute atomic E-state index is 0.0230. The number of aryl methyl sites for hydroxylation is 1. The van der Waals surface area contributed by atoms with Crippen molar-refractivity contribution < 1.29 is 14.4 Å². The zero-order valence-electron chi connectivity index (χ0n) is 19.1. The highest BCUT2D eigenvalue weighted by atomic mass is 35.5. The number of amides is 4. The minimum Gasteiger partial charge on any atom is -0.369 e. The van der Waals surface area contributed by atoms with Gasteiger partial charge in [0.05, 0.1) is 15.7 Å². The lowest BCUT2D eigenvalue weighted by molar-refractivity contribution is -0.122. The standard InChI is InChI=1S/C25H25Cl2N3O3/c1-13-9-20-16(14(2)12-25(3,4)29(20)5)10-15(13)11-17-22(31)28-24(33)30(23(17)32)19-8-6-7-18(26)21(19)27/h6-11,14H,12H2,1-5H3,(H,28,31,33)/b17-11-. The van der Waals surface area contributed by atoms with Crippen LogP contribution in [0, 0.1) is 6.92 Å². The molecule has 4 amide bonds. The number of nitrogens with one attached hydrogen (secondary N) is 1. The molecule has 0 radical (unpaired) electrons. The lowest BCUT2D eigenvalue weighted by Crippen LogP contribution is -2.54. The smallest absolute Gasteiger partial charge is 0.336 e. The lowest BCUT2D eigenvalue weighted by atomic mass is 9.79. The van der Waals surface area contributed by atoms with E-state index < -0.39 is 17.8 Å². The highest BCUT2D eigenvalue weighted by Crippen LogP contribution is 2.44. The second kappa shape index (κ2) is 8.19. The van der Waals surface area contributed by atoms with Crippen molar-refractivity contribution in [3.63, 3.8) is 0 Å². The van der Waals surface area contributed by atoms with Crippen molar-refractivity contribution in [2.75, 3.05) is 16.8 Å². The first-order valence-electron chi connectivity index (χ1n) is 10.7. The number of hydrogen-bond donors (Lipinski definition) is 1. The van der Waals surface area contributed by atoms with Crippen LogP contribution in [0.2, 0.25) is 10.0 Å². The third kappa shape index (κ3) is 3.91. The van der Waals surface area contributed by atoms with Gasteiger partial charge >= 0.3 is 6.03 Å². The Kier molecular flexibility index (Phi) is 5.79. The quantitative estimate of drug-likeness (QED) is 0.438. The number of imide groups is 2. The van der Waals surface area contributed by atoms with Crippen LogP contribution in [0.1, 0.15) is 49.8 Å². The molecule has 0 saturated carbocycles. The molecule has 1 N–H and O–H groups in total. The van der Waals surface area contributed by atoms with Crippen LogP contribution in [0.5, 0.6) is 0 Å². The number of halogens is 2. The summed E-state index contributed by atoms with van der Waals surface area (Å²) in [6.45, 7) is 8.55. The molecule has 0 spiro atoms. The van der Waals surface area contributed by atoms with E-state index in [1.807, 2.05) is 13.0 Å². The van der Waals surface area contributed by atoms with E-state index in [1.54, 1.807) is 12.1 Å². The summed E-state index contributed by atoms with van der Waals surface area (Å²) in [5, 5.41) is 2.49. The second-order valence-corrected chi connectivity index (χ2v) is 10.1. The summed E-state index contributed by atoms with van der Waals surface area (Å²) in [5.41, 5.74) is 3.95. The minimum atomic E-state index is -0.869. The Labute approximate surface area is 203 Å². The third-order valence-electron chi connectivity index (χ3n) is 6.59. The summed E-state index contributed by atoms with van der Waals surface area (Å²) < 4.78 is 0. The number of rotatable bonds is 2. The normalized spacial score (nSPS) is 21.4. The average Bonchev–Trinajstić information content (AvgIpc) is 2.72. The monoisotopic (exact) mass is 485 g/mol. The predicted molar refractivity (Wildman–Crippen MR) is 132 cm³/mol. The number of carbonyl (C=O) groups is 3. The molecular formula is C25H25Cl2N3O3. The Hall–Kier alpha value is -2.83. The van der Waals surface area contributed by atoms with Gasteiger partial charge in [0.15, 0.2) is 0 Å². The first-order chi connectivity index (χ1) is 15.4. The van der Waals surface area contributed by atoms with Gasteiger partial charge < -0.3 is 4.90 Å². The van der Waals surface area contributed by atoms with E-state index in [4.69, 9.17) is 23.2 Å². The maximum Gasteiger partial charge on any atom is 0.336 e. The number of barbiturate groups is 1. The first-order valence-corrected chi connectivity index (χ1v) is 11.4. The van der Waals surface area contributed by atoms with Crippen LogP contribution in [0.25, 0.3) is 6.08 Å². The zero-order chi connectivity index (χ0) is 24.2. The van der Waals surface area contributed by atoms with Crippen molar-refractivity contribution in [1.82, 2.24) is 5.32 Å². The van der Waals surface area contributed by atoms with Crippen molar-refractivity contribution in [3.05, 3.63) is 62.6 Å². The van der Waals surface area contributed by atoms with Crippen LogP contribution in [0.15, 0.2) is 35.9 Å². The molecule has 4 rings (SSSR count). The Morgan fingerprint density at radius 2 is 1.82 bits per heavy atom. The van der Waals surface area contributed by atoms with Crippen molar-refractivity contribution >= 4 is 58.5 Å². The van der Waals surface area contributed by atoms with Crippen LogP contribution in [-0.4, -0.2) is 30.4 Å². The van der Waals surface area contributed by atoms with E-state index in [-0.39, 0.29) is 26.8 Å². The third-order valence-corrected chi connectivity index (χ3v) is 7.40. The van der Waals surface area contributed by atoms with Crippen LogP contribution in [0.3, 0.4) is 0 Å². The van der Waals surface area contributed by atoms with E-state index in [9.17, 15) is 14.4 Å². The van der Waals surface area contributed by atoms with E-state index in [0.717, 1.165) is 33.7 Å². The zero-order valence-corrected chi connectivity index (χ0v) is 20.6. The van der Waals surface area contributed by atoms with Gasteiger partial charge in [0, 0.05) is 18.3 Å². The molecule has 172 valence electrons. The largest absolute Gasteiger partial charge is 0.369 e. The van der Waals surface area contributed by atoms with Gasteiger partial charge in [-0.3, -0.25) is 14.9 Å². The molecule has 0 aliphatic carbocycles. The van der Waals surface area contributed by atoms with E-state index >= 15 is 0 Å². The molecular weight excluding hydrogens is 461 g/mol.